The second-order valence-electron chi connectivity index (χ2n) is 7.50. The van der Waals surface area contributed by atoms with Crippen molar-refractivity contribution < 1.29 is 13.2 Å². The minimum Gasteiger partial charge on any atom is -0.326 e. The summed E-state index contributed by atoms with van der Waals surface area (Å²) in [7, 11) is 1.72. The van der Waals surface area contributed by atoms with Crippen molar-refractivity contribution in [3.05, 3.63) is 94.9 Å². The first-order valence-corrected chi connectivity index (χ1v) is 10.8. The van der Waals surface area contributed by atoms with Gasteiger partial charge in [-0.25, -0.2) is 0 Å². The van der Waals surface area contributed by atoms with E-state index in [4.69, 9.17) is 0 Å². The highest BCUT2D eigenvalue weighted by Gasteiger charge is 2.30. The van der Waals surface area contributed by atoms with E-state index in [2.05, 4.69) is 9.82 Å². The van der Waals surface area contributed by atoms with Crippen LogP contribution in [0.2, 0.25) is 0 Å². The Morgan fingerprint density at radius 3 is 2.36 bits per heavy atom. The van der Waals surface area contributed by atoms with E-state index < -0.39 is 11.7 Å². The van der Waals surface area contributed by atoms with Gasteiger partial charge in [0.25, 0.3) is 5.56 Å². The van der Waals surface area contributed by atoms with Gasteiger partial charge in [-0.3, -0.25) is 14.0 Å². The van der Waals surface area contributed by atoms with Crippen molar-refractivity contribution in [3.8, 4) is 5.69 Å². The number of hydrogen-bond donors (Lipinski definition) is 1. The largest absolute Gasteiger partial charge is 0.416 e. The summed E-state index contributed by atoms with van der Waals surface area (Å²) in [6.45, 7) is 0. The quantitative estimate of drug-likeness (QED) is 0.329. The van der Waals surface area contributed by atoms with Crippen molar-refractivity contribution in [1.29, 1.82) is 0 Å². The van der Waals surface area contributed by atoms with Crippen LogP contribution in [0.25, 0.3) is 27.5 Å². The van der Waals surface area contributed by atoms with E-state index in [1.165, 1.54) is 28.6 Å². The molecule has 5 rings (SSSR count). The number of anilines is 1. The molecule has 0 fully saturated rings. The van der Waals surface area contributed by atoms with E-state index in [0.29, 0.717) is 27.5 Å². The molecule has 0 radical (unpaired) electrons. The summed E-state index contributed by atoms with van der Waals surface area (Å²) >= 11 is 1.45. The lowest BCUT2D eigenvalue weighted by molar-refractivity contribution is -0.137. The zero-order valence-electron chi connectivity index (χ0n) is 17.3. The van der Waals surface area contributed by atoms with Crippen LogP contribution in [0.5, 0.6) is 0 Å². The normalized spacial score (nSPS) is 11.9. The van der Waals surface area contributed by atoms with Crippen LogP contribution >= 0.6 is 11.9 Å². The third kappa shape index (κ3) is 3.95. The molecule has 9 heteroatoms. The fourth-order valence-electron chi connectivity index (χ4n) is 3.72. The fraction of sp³-hybridized carbons (Fsp3) is 0.0833. The zero-order valence-corrected chi connectivity index (χ0v) is 18.1. The first kappa shape index (κ1) is 21.1. The van der Waals surface area contributed by atoms with E-state index in [0.717, 1.165) is 22.7 Å². The summed E-state index contributed by atoms with van der Waals surface area (Å²) in [4.78, 5) is 14.3. The molecule has 0 aliphatic rings. The predicted octanol–water partition coefficient (Wildman–Crippen LogP) is 6.02. The van der Waals surface area contributed by atoms with Gasteiger partial charge >= 0.3 is 6.18 Å². The minimum absolute atomic E-state index is 0.343. The summed E-state index contributed by atoms with van der Waals surface area (Å²) in [5.74, 6) is 0. The summed E-state index contributed by atoms with van der Waals surface area (Å²) in [5.41, 5.74) is 1.14. The summed E-state index contributed by atoms with van der Waals surface area (Å²) in [6.07, 6.45) is -2.83. The van der Waals surface area contributed by atoms with Crippen LogP contribution in [0.15, 0.2) is 88.7 Å². The molecule has 0 aliphatic carbocycles. The van der Waals surface area contributed by atoms with Crippen LogP contribution in [0.1, 0.15) is 5.56 Å². The first-order valence-electron chi connectivity index (χ1n) is 9.99. The second-order valence-corrected chi connectivity index (χ2v) is 8.38. The lowest BCUT2D eigenvalue weighted by Gasteiger charge is -2.14. The number of aryl methyl sites for hydroxylation is 1. The van der Waals surface area contributed by atoms with E-state index in [-0.39, 0.29) is 5.56 Å². The molecule has 0 bridgehead atoms. The number of hydrogen-bond acceptors (Lipinski definition) is 4. The van der Waals surface area contributed by atoms with E-state index in [9.17, 15) is 18.0 Å². The molecular formula is C24H17F3N4OS. The third-order valence-electron chi connectivity index (χ3n) is 5.24. The Bertz CT molecular complexity index is 1520. The number of nitrogens with zero attached hydrogens (tertiary/aromatic N) is 3. The van der Waals surface area contributed by atoms with Crippen molar-refractivity contribution in [2.24, 2.45) is 7.05 Å². The Balaban J connectivity index is 1.66. The van der Waals surface area contributed by atoms with Crippen molar-refractivity contribution in [2.75, 3.05) is 4.72 Å². The van der Waals surface area contributed by atoms with Crippen LogP contribution < -0.4 is 10.3 Å². The Hall–Kier alpha value is -3.72. The summed E-state index contributed by atoms with van der Waals surface area (Å²) < 4.78 is 45.3. The molecule has 0 aliphatic heterocycles. The second kappa shape index (κ2) is 8.00. The molecule has 33 heavy (non-hydrogen) atoms. The van der Waals surface area contributed by atoms with Crippen molar-refractivity contribution in [3.63, 3.8) is 0 Å². The zero-order chi connectivity index (χ0) is 23.2. The molecule has 0 unspecified atom stereocenters. The standard InChI is InChI=1S/C24H17F3N4OS/c1-30-14-20-22(28-30)19-13-16(29-33-18-5-3-2-4-6-18)9-12-21(19)31(23(20)32)17-10-7-15(8-11-17)24(25,26)27/h2-14,29H,1H3. The molecule has 3 aromatic carbocycles. The van der Waals surface area contributed by atoms with Crippen LogP contribution in [-0.2, 0) is 13.2 Å². The maximum atomic E-state index is 13.3. The monoisotopic (exact) mass is 466 g/mol. The number of rotatable bonds is 4. The maximum Gasteiger partial charge on any atom is 0.416 e. The van der Waals surface area contributed by atoms with Crippen LogP contribution in [0.4, 0.5) is 18.9 Å². The molecule has 0 saturated heterocycles. The number of pyridine rings is 1. The van der Waals surface area contributed by atoms with Crippen molar-refractivity contribution in [2.45, 2.75) is 11.1 Å². The first-order chi connectivity index (χ1) is 15.8. The predicted molar refractivity (Wildman–Crippen MR) is 125 cm³/mol. The van der Waals surface area contributed by atoms with E-state index >= 15 is 0 Å². The van der Waals surface area contributed by atoms with Gasteiger partial charge < -0.3 is 4.72 Å². The van der Waals surface area contributed by atoms with Gasteiger partial charge in [0, 0.05) is 34.9 Å². The highest BCUT2D eigenvalue weighted by Crippen LogP contribution is 2.32. The van der Waals surface area contributed by atoms with E-state index in [1.807, 2.05) is 42.5 Å². The Kier molecular flexibility index (Phi) is 5.13. The molecule has 166 valence electrons. The minimum atomic E-state index is -4.45. The molecule has 5 aromatic rings. The topological polar surface area (TPSA) is 51.9 Å². The van der Waals surface area contributed by atoms with Gasteiger partial charge in [-0.15, -0.1) is 0 Å². The molecule has 0 amide bonds. The number of alkyl halides is 3. The Labute approximate surface area is 190 Å². The average Bonchev–Trinajstić information content (AvgIpc) is 3.21. The van der Waals surface area contributed by atoms with Crippen molar-refractivity contribution >= 4 is 39.4 Å². The maximum absolute atomic E-state index is 13.3. The highest BCUT2D eigenvalue weighted by molar-refractivity contribution is 8.00. The number of fused-ring (bicyclic) bond motifs is 3. The molecular weight excluding hydrogens is 449 g/mol. The van der Waals surface area contributed by atoms with Gasteiger partial charge in [-0.05, 0) is 66.5 Å². The van der Waals surface area contributed by atoms with Crippen LogP contribution in [-0.4, -0.2) is 14.3 Å². The van der Waals surface area contributed by atoms with E-state index in [1.54, 1.807) is 24.0 Å². The Morgan fingerprint density at radius 1 is 0.939 bits per heavy atom. The molecule has 0 atom stereocenters. The number of halogens is 3. The smallest absolute Gasteiger partial charge is 0.326 e. The molecule has 2 heterocycles. The van der Waals surface area contributed by atoms with Gasteiger partial charge in [0.2, 0.25) is 0 Å². The highest BCUT2D eigenvalue weighted by atomic mass is 32.2. The SMILES string of the molecule is Cn1cc2c(=O)n(-c3ccc(C(F)(F)F)cc3)c3ccc(NSc4ccccc4)cc3c2n1. The number of aromatic nitrogens is 3. The lowest BCUT2D eigenvalue weighted by atomic mass is 10.1. The summed E-state index contributed by atoms with van der Waals surface area (Å²) in [5, 5.41) is 5.56. The summed E-state index contributed by atoms with van der Waals surface area (Å²) in [6, 6.07) is 19.9. The van der Waals surface area contributed by atoms with Gasteiger partial charge in [0.1, 0.15) is 5.52 Å². The van der Waals surface area contributed by atoms with Gasteiger partial charge in [0.15, 0.2) is 0 Å². The van der Waals surface area contributed by atoms with Crippen LogP contribution in [0.3, 0.4) is 0 Å². The van der Waals surface area contributed by atoms with Gasteiger partial charge in [0.05, 0.1) is 16.5 Å². The number of benzene rings is 3. The fourth-order valence-corrected chi connectivity index (χ4v) is 4.38. The van der Waals surface area contributed by atoms with Crippen molar-refractivity contribution in [1.82, 2.24) is 14.3 Å². The van der Waals surface area contributed by atoms with Crippen LogP contribution in [0, 0.1) is 0 Å². The molecule has 0 spiro atoms. The average molecular weight is 466 g/mol. The number of nitrogens with one attached hydrogen (secondary N) is 1. The molecule has 1 N–H and O–H groups in total. The van der Waals surface area contributed by atoms with Gasteiger partial charge in [-0.2, -0.15) is 18.3 Å². The molecule has 0 saturated carbocycles. The third-order valence-corrected chi connectivity index (χ3v) is 6.08. The molecule has 2 aromatic heterocycles. The van der Waals surface area contributed by atoms with Gasteiger partial charge in [-0.1, -0.05) is 18.2 Å². The Morgan fingerprint density at radius 2 is 1.67 bits per heavy atom. The lowest BCUT2D eigenvalue weighted by Crippen LogP contribution is -2.19. The molecule has 5 nitrogen and oxygen atoms in total.